The molecule has 0 amide bonds. The third kappa shape index (κ3) is 3.13. The summed E-state index contributed by atoms with van der Waals surface area (Å²) in [7, 11) is 0. The summed E-state index contributed by atoms with van der Waals surface area (Å²) in [4.78, 5) is 31.6. The van der Waals surface area contributed by atoms with Crippen molar-refractivity contribution in [2.45, 2.75) is 24.7 Å². The molecule has 1 aliphatic rings. The normalized spacial score (nSPS) is 14.4. The van der Waals surface area contributed by atoms with Gasteiger partial charge in [-0.2, -0.15) is 0 Å². The van der Waals surface area contributed by atoms with Gasteiger partial charge in [-0.05, 0) is 6.26 Å². The number of aromatic amines is 1. The van der Waals surface area contributed by atoms with Crippen LogP contribution in [0.3, 0.4) is 0 Å². The van der Waals surface area contributed by atoms with Crippen LogP contribution in [0, 0.1) is 10.1 Å². The minimum absolute atomic E-state index is 0.155. The highest BCUT2D eigenvalue weighted by Crippen LogP contribution is 2.31. The number of H-pyrrole nitrogens is 1. The van der Waals surface area contributed by atoms with Crippen LogP contribution >= 0.6 is 11.8 Å². The van der Waals surface area contributed by atoms with E-state index in [4.69, 9.17) is 0 Å². The zero-order chi connectivity index (χ0) is 17.3. The average Bonchev–Trinajstić information content (AvgIpc) is 2.56. The van der Waals surface area contributed by atoms with Crippen LogP contribution in [-0.2, 0) is 19.5 Å². The van der Waals surface area contributed by atoms with Gasteiger partial charge in [-0.3, -0.25) is 19.8 Å². The zero-order valence-corrected chi connectivity index (χ0v) is 13.8. The predicted octanol–water partition coefficient (Wildman–Crippen LogP) is 1.66. The summed E-state index contributed by atoms with van der Waals surface area (Å²) < 4.78 is 0. The molecular formula is C15H16N4O4S. The molecule has 0 atom stereocenters. The van der Waals surface area contributed by atoms with Gasteiger partial charge in [0, 0.05) is 37.7 Å². The molecule has 126 valence electrons. The minimum Gasteiger partial charge on any atom is -0.502 e. The molecule has 1 aromatic heterocycles. The summed E-state index contributed by atoms with van der Waals surface area (Å²) in [5.41, 5.74) is 1.41. The molecular weight excluding hydrogens is 332 g/mol. The zero-order valence-electron chi connectivity index (χ0n) is 13.0. The van der Waals surface area contributed by atoms with Crippen molar-refractivity contribution in [2.75, 3.05) is 12.8 Å². The van der Waals surface area contributed by atoms with E-state index in [9.17, 15) is 20.0 Å². The lowest BCUT2D eigenvalue weighted by molar-refractivity contribution is -0.385. The summed E-state index contributed by atoms with van der Waals surface area (Å²) in [5, 5.41) is 21.6. The van der Waals surface area contributed by atoms with Crippen molar-refractivity contribution >= 4 is 17.4 Å². The fourth-order valence-electron chi connectivity index (χ4n) is 2.78. The van der Waals surface area contributed by atoms with Crippen molar-refractivity contribution in [3.63, 3.8) is 0 Å². The van der Waals surface area contributed by atoms with Gasteiger partial charge in [-0.15, -0.1) is 0 Å². The van der Waals surface area contributed by atoms with Crippen LogP contribution in [0.5, 0.6) is 5.75 Å². The van der Waals surface area contributed by atoms with Gasteiger partial charge in [-0.1, -0.05) is 23.9 Å². The van der Waals surface area contributed by atoms with E-state index < -0.39 is 4.92 Å². The number of nitro benzene ring substituents is 1. The Morgan fingerprint density at radius 1 is 1.50 bits per heavy atom. The number of aromatic nitrogens is 2. The maximum Gasteiger partial charge on any atom is 0.311 e. The molecule has 24 heavy (non-hydrogen) atoms. The third-order valence-electron chi connectivity index (χ3n) is 4.01. The van der Waals surface area contributed by atoms with Crippen molar-refractivity contribution in [2.24, 2.45) is 0 Å². The monoisotopic (exact) mass is 348 g/mol. The van der Waals surface area contributed by atoms with E-state index in [-0.39, 0.29) is 17.0 Å². The van der Waals surface area contributed by atoms with Gasteiger partial charge < -0.3 is 10.1 Å². The molecule has 0 aliphatic carbocycles. The first kappa shape index (κ1) is 16.5. The average molecular weight is 348 g/mol. The minimum atomic E-state index is -0.608. The summed E-state index contributed by atoms with van der Waals surface area (Å²) in [6, 6.07) is 4.46. The topological polar surface area (TPSA) is 112 Å². The highest BCUT2D eigenvalue weighted by molar-refractivity contribution is 7.98. The number of phenols is 1. The second kappa shape index (κ2) is 6.62. The number of nitrogens with one attached hydrogen (secondary N) is 1. The number of thioether (sulfide) groups is 1. The van der Waals surface area contributed by atoms with Gasteiger partial charge in [-0.25, -0.2) is 4.98 Å². The van der Waals surface area contributed by atoms with E-state index in [2.05, 4.69) is 9.97 Å². The molecule has 8 nitrogen and oxygen atoms in total. The van der Waals surface area contributed by atoms with Crippen molar-refractivity contribution in [1.82, 2.24) is 14.9 Å². The molecule has 0 bridgehead atoms. The molecule has 0 unspecified atom stereocenters. The molecule has 0 saturated heterocycles. The number of benzene rings is 1. The highest BCUT2D eigenvalue weighted by atomic mass is 32.2. The summed E-state index contributed by atoms with van der Waals surface area (Å²) in [5.74, 6) is -0.321. The number of nitrogens with zero attached hydrogens (tertiary/aromatic N) is 3. The van der Waals surface area contributed by atoms with Crippen molar-refractivity contribution < 1.29 is 10.0 Å². The van der Waals surface area contributed by atoms with Crippen LogP contribution in [0.25, 0.3) is 0 Å². The van der Waals surface area contributed by atoms with Crippen LogP contribution in [0.15, 0.2) is 28.2 Å². The van der Waals surface area contributed by atoms with Crippen molar-refractivity contribution in [3.05, 3.63) is 55.5 Å². The highest BCUT2D eigenvalue weighted by Gasteiger charge is 2.23. The Morgan fingerprint density at radius 2 is 2.29 bits per heavy atom. The molecule has 1 aliphatic heterocycles. The van der Waals surface area contributed by atoms with Crippen molar-refractivity contribution in [1.29, 1.82) is 0 Å². The lowest BCUT2D eigenvalue weighted by Gasteiger charge is -2.27. The van der Waals surface area contributed by atoms with Gasteiger partial charge in [0.05, 0.1) is 16.2 Å². The first-order valence-corrected chi connectivity index (χ1v) is 8.55. The number of rotatable bonds is 4. The SMILES string of the molecule is CSc1nc2c(c(=O)[nH]1)CN(Cc1cccc([N+](=O)[O-])c1O)CC2. The van der Waals surface area contributed by atoms with Crippen LogP contribution in [0.1, 0.15) is 16.8 Å². The Hall–Kier alpha value is -2.39. The standard InChI is InChI=1S/C15H16N4O4S/c1-24-15-16-11-5-6-18(8-10(11)14(21)17-15)7-9-3-2-4-12(13(9)20)19(22)23/h2-4,20H,5-8H2,1H3,(H,16,17,21). The number of aromatic hydroxyl groups is 1. The van der Waals surface area contributed by atoms with Gasteiger partial charge in [0.15, 0.2) is 10.9 Å². The maximum atomic E-state index is 12.2. The van der Waals surface area contributed by atoms with E-state index in [1.54, 1.807) is 12.1 Å². The van der Waals surface area contributed by atoms with Crippen molar-refractivity contribution in [3.8, 4) is 5.75 Å². The Morgan fingerprint density at radius 3 is 3.00 bits per heavy atom. The molecule has 2 N–H and O–H groups in total. The number of hydrogen-bond acceptors (Lipinski definition) is 7. The third-order valence-corrected chi connectivity index (χ3v) is 4.59. The molecule has 0 radical (unpaired) electrons. The fourth-order valence-corrected chi connectivity index (χ4v) is 3.18. The van der Waals surface area contributed by atoms with Crippen LogP contribution in [0.2, 0.25) is 0 Å². The molecule has 1 aromatic carbocycles. The van der Waals surface area contributed by atoms with Crippen LogP contribution in [0.4, 0.5) is 5.69 Å². The first-order valence-electron chi connectivity index (χ1n) is 7.33. The molecule has 0 saturated carbocycles. The van der Waals surface area contributed by atoms with E-state index >= 15 is 0 Å². The molecule has 9 heteroatoms. The first-order chi connectivity index (χ1) is 11.5. The lowest BCUT2D eigenvalue weighted by atomic mass is 10.1. The lowest BCUT2D eigenvalue weighted by Crippen LogP contribution is -2.35. The van der Waals surface area contributed by atoms with Crippen LogP contribution < -0.4 is 5.56 Å². The predicted molar refractivity (Wildman–Crippen MR) is 89.2 cm³/mol. The Kier molecular flexibility index (Phi) is 4.54. The van der Waals surface area contributed by atoms with Crippen LogP contribution in [-0.4, -0.2) is 37.7 Å². The van der Waals surface area contributed by atoms with Gasteiger partial charge >= 0.3 is 5.69 Å². The number of para-hydroxylation sites is 1. The smallest absolute Gasteiger partial charge is 0.311 e. The number of phenolic OH excluding ortho intramolecular Hbond substituents is 1. The van der Waals surface area contributed by atoms with E-state index in [0.29, 0.717) is 42.3 Å². The number of hydrogen-bond donors (Lipinski definition) is 2. The molecule has 2 heterocycles. The molecule has 2 aromatic rings. The second-order valence-corrected chi connectivity index (χ2v) is 6.30. The second-order valence-electron chi connectivity index (χ2n) is 5.50. The van der Waals surface area contributed by atoms with Gasteiger partial charge in [0.1, 0.15) is 0 Å². The molecule has 3 rings (SSSR count). The summed E-state index contributed by atoms with van der Waals surface area (Å²) in [6.45, 7) is 1.39. The quantitative estimate of drug-likeness (QED) is 0.374. The number of fused-ring (bicyclic) bond motifs is 1. The number of nitro groups is 1. The summed E-state index contributed by atoms with van der Waals surface area (Å²) >= 11 is 1.39. The maximum absolute atomic E-state index is 12.2. The summed E-state index contributed by atoms with van der Waals surface area (Å²) in [6.07, 6.45) is 2.48. The Bertz CT molecular complexity index is 852. The Balaban J connectivity index is 1.83. The molecule has 0 spiro atoms. The largest absolute Gasteiger partial charge is 0.502 e. The molecule has 0 fully saturated rings. The Labute approximate surface area is 141 Å². The van der Waals surface area contributed by atoms with Gasteiger partial charge in [0.2, 0.25) is 0 Å². The fraction of sp³-hybridized carbons (Fsp3) is 0.333. The van der Waals surface area contributed by atoms with E-state index in [1.165, 1.54) is 17.8 Å². The van der Waals surface area contributed by atoms with E-state index in [1.807, 2.05) is 11.2 Å². The van der Waals surface area contributed by atoms with E-state index in [0.717, 1.165) is 5.69 Å². The van der Waals surface area contributed by atoms with Gasteiger partial charge in [0.25, 0.3) is 5.56 Å².